The fourth-order valence-electron chi connectivity index (χ4n) is 3.69. The molecule has 5 nitrogen and oxygen atoms in total. The standard InChI is InChI=1S/C22H33N3O2/c1-6-7-12-18-21(17-11-8-9-13-19(17)27-5)20(22(23)26)16(2)25(18)15-10-14-24(3)4/h8-9,11,13H,6-7,10,12,14-15H2,1-5H3,(H2,23,26). The van der Waals surface area contributed by atoms with Crippen molar-refractivity contribution in [2.45, 2.75) is 46.1 Å². The molecule has 0 saturated carbocycles. The van der Waals surface area contributed by atoms with Crippen molar-refractivity contribution in [3.63, 3.8) is 0 Å². The summed E-state index contributed by atoms with van der Waals surface area (Å²) in [6.45, 7) is 6.06. The van der Waals surface area contributed by atoms with Gasteiger partial charge in [0.25, 0.3) is 5.91 Å². The van der Waals surface area contributed by atoms with Gasteiger partial charge in [0.1, 0.15) is 5.75 Å². The lowest BCUT2D eigenvalue weighted by atomic mass is 9.97. The van der Waals surface area contributed by atoms with Gasteiger partial charge in [0.15, 0.2) is 0 Å². The number of aromatic nitrogens is 1. The first kappa shape index (κ1) is 21.0. The fourth-order valence-corrected chi connectivity index (χ4v) is 3.69. The van der Waals surface area contributed by atoms with Crippen molar-refractivity contribution in [3.05, 3.63) is 41.2 Å². The van der Waals surface area contributed by atoms with Crippen LogP contribution in [-0.2, 0) is 13.0 Å². The summed E-state index contributed by atoms with van der Waals surface area (Å²) in [5, 5.41) is 0. The van der Waals surface area contributed by atoms with E-state index in [0.29, 0.717) is 5.56 Å². The number of carbonyl (C=O) groups is 1. The van der Waals surface area contributed by atoms with E-state index in [4.69, 9.17) is 10.5 Å². The normalized spacial score (nSPS) is 11.2. The molecule has 0 aliphatic heterocycles. The van der Waals surface area contributed by atoms with Crippen molar-refractivity contribution in [3.8, 4) is 16.9 Å². The van der Waals surface area contributed by atoms with Gasteiger partial charge in [-0.2, -0.15) is 0 Å². The molecule has 1 aromatic carbocycles. The van der Waals surface area contributed by atoms with Crippen molar-refractivity contribution in [2.24, 2.45) is 5.73 Å². The number of methoxy groups -OCH3 is 1. The van der Waals surface area contributed by atoms with E-state index in [0.717, 1.165) is 61.3 Å². The summed E-state index contributed by atoms with van der Waals surface area (Å²) in [6.07, 6.45) is 4.10. The Labute approximate surface area is 163 Å². The summed E-state index contributed by atoms with van der Waals surface area (Å²) in [5.41, 5.74) is 10.5. The van der Waals surface area contributed by atoms with Crippen molar-refractivity contribution >= 4 is 5.91 Å². The first-order valence-corrected chi connectivity index (χ1v) is 9.72. The molecule has 2 aromatic rings. The van der Waals surface area contributed by atoms with Crippen LogP contribution in [0, 0.1) is 6.92 Å². The maximum atomic E-state index is 12.4. The zero-order valence-electron chi connectivity index (χ0n) is 17.3. The molecule has 2 N–H and O–H groups in total. The molecule has 0 saturated heterocycles. The van der Waals surface area contributed by atoms with E-state index in [1.54, 1.807) is 7.11 Å². The van der Waals surface area contributed by atoms with E-state index in [9.17, 15) is 4.79 Å². The Balaban J connectivity index is 2.66. The number of unbranched alkanes of at least 4 members (excludes halogenated alkanes) is 1. The van der Waals surface area contributed by atoms with Crippen LogP contribution in [0.3, 0.4) is 0 Å². The maximum absolute atomic E-state index is 12.4. The molecule has 2 rings (SSSR count). The maximum Gasteiger partial charge on any atom is 0.251 e. The molecule has 1 amide bonds. The summed E-state index contributed by atoms with van der Waals surface area (Å²) in [7, 11) is 5.82. The zero-order valence-corrected chi connectivity index (χ0v) is 17.3. The number of amides is 1. The second kappa shape index (κ2) is 9.60. The molecule has 0 aliphatic carbocycles. The molecule has 5 heteroatoms. The Bertz CT molecular complexity index is 778. The smallest absolute Gasteiger partial charge is 0.251 e. The third-order valence-corrected chi connectivity index (χ3v) is 5.01. The lowest BCUT2D eigenvalue weighted by Crippen LogP contribution is -2.17. The van der Waals surface area contributed by atoms with E-state index < -0.39 is 0 Å². The predicted octanol–water partition coefficient (Wildman–Crippen LogP) is 3.87. The van der Waals surface area contributed by atoms with Gasteiger partial charge in [0.2, 0.25) is 0 Å². The number of ether oxygens (including phenoxy) is 1. The van der Waals surface area contributed by atoms with Crippen LogP contribution in [0.25, 0.3) is 11.1 Å². The Morgan fingerprint density at radius 1 is 1.22 bits per heavy atom. The van der Waals surface area contributed by atoms with Gasteiger partial charge in [0, 0.05) is 29.1 Å². The Hall–Kier alpha value is -2.27. The van der Waals surface area contributed by atoms with E-state index in [-0.39, 0.29) is 5.91 Å². The molecule has 148 valence electrons. The van der Waals surface area contributed by atoms with Gasteiger partial charge >= 0.3 is 0 Å². The van der Waals surface area contributed by atoms with Crippen LogP contribution < -0.4 is 10.5 Å². The van der Waals surface area contributed by atoms with Crippen molar-refractivity contribution in [1.82, 2.24) is 9.47 Å². The van der Waals surface area contributed by atoms with E-state index in [1.165, 1.54) is 5.69 Å². The van der Waals surface area contributed by atoms with Crippen molar-refractivity contribution in [2.75, 3.05) is 27.7 Å². The van der Waals surface area contributed by atoms with Gasteiger partial charge in [-0.15, -0.1) is 0 Å². The first-order valence-electron chi connectivity index (χ1n) is 9.72. The first-order chi connectivity index (χ1) is 12.9. The number of carbonyl (C=O) groups excluding carboxylic acids is 1. The molecule has 1 heterocycles. The number of nitrogens with two attached hydrogens (primary N) is 1. The van der Waals surface area contributed by atoms with Gasteiger partial charge in [-0.25, -0.2) is 0 Å². The topological polar surface area (TPSA) is 60.5 Å². The largest absolute Gasteiger partial charge is 0.496 e. The van der Waals surface area contributed by atoms with Crippen molar-refractivity contribution in [1.29, 1.82) is 0 Å². The summed E-state index contributed by atoms with van der Waals surface area (Å²) >= 11 is 0. The number of benzene rings is 1. The van der Waals surface area contributed by atoms with Crippen LogP contribution in [0.4, 0.5) is 0 Å². The molecule has 1 aromatic heterocycles. The van der Waals surface area contributed by atoms with Gasteiger partial charge in [0.05, 0.1) is 12.7 Å². The van der Waals surface area contributed by atoms with Gasteiger partial charge in [-0.1, -0.05) is 31.5 Å². The predicted molar refractivity (Wildman–Crippen MR) is 111 cm³/mol. The highest BCUT2D eigenvalue weighted by Gasteiger charge is 2.26. The molecular weight excluding hydrogens is 338 g/mol. The second-order valence-electron chi connectivity index (χ2n) is 7.26. The van der Waals surface area contributed by atoms with Crippen LogP contribution in [0.5, 0.6) is 5.75 Å². The van der Waals surface area contributed by atoms with Gasteiger partial charge in [-0.3, -0.25) is 4.79 Å². The van der Waals surface area contributed by atoms with Crippen LogP contribution in [0.1, 0.15) is 47.9 Å². The van der Waals surface area contributed by atoms with Crippen LogP contribution in [-0.4, -0.2) is 43.1 Å². The molecule has 27 heavy (non-hydrogen) atoms. The average Bonchev–Trinajstić information content (AvgIpc) is 2.91. The Morgan fingerprint density at radius 2 is 1.93 bits per heavy atom. The molecule has 0 bridgehead atoms. The third-order valence-electron chi connectivity index (χ3n) is 5.01. The SMILES string of the molecule is CCCCc1c(-c2ccccc2OC)c(C(N)=O)c(C)n1CCCN(C)C. The Kier molecular flexibility index (Phi) is 7.48. The molecular formula is C22H33N3O2. The number of rotatable bonds is 10. The van der Waals surface area contributed by atoms with E-state index in [1.807, 2.05) is 31.2 Å². The fraction of sp³-hybridized carbons (Fsp3) is 0.500. The van der Waals surface area contributed by atoms with Crippen molar-refractivity contribution < 1.29 is 9.53 Å². The minimum absolute atomic E-state index is 0.377. The van der Waals surface area contributed by atoms with Crippen LogP contribution in [0.15, 0.2) is 24.3 Å². The van der Waals surface area contributed by atoms with E-state index >= 15 is 0 Å². The van der Waals surface area contributed by atoms with Gasteiger partial charge < -0.3 is 19.9 Å². The lowest BCUT2D eigenvalue weighted by Gasteiger charge is -2.16. The average molecular weight is 372 g/mol. The monoisotopic (exact) mass is 371 g/mol. The second-order valence-corrected chi connectivity index (χ2v) is 7.26. The molecule has 0 atom stereocenters. The minimum atomic E-state index is -0.377. The lowest BCUT2D eigenvalue weighted by molar-refractivity contribution is 0.1000. The summed E-state index contributed by atoms with van der Waals surface area (Å²) in [6, 6.07) is 7.87. The zero-order chi connectivity index (χ0) is 20.0. The van der Waals surface area contributed by atoms with Crippen LogP contribution >= 0.6 is 0 Å². The molecule has 0 aliphatic rings. The van der Waals surface area contributed by atoms with E-state index in [2.05, 4.69) is 30.5 Å². The number of hydrogen-bond acceptors (Lipinski definition) is 3. The van der Waals surface area contributed by atoms with Gasteiger partial charge in [-0.05, 0) is 52.9 Å². The highest BCUT2D eigenvalue weighted by atomic mass is 16.5. The van der Waals surface area contributed by atoms with Crippen LogP contribution in [0.2, 0.25) is 0 Å². The highest BCUT2D eigenvalue weighted by molar-refractivity contribution is 6.03. The summed E-state index contributed by atoms with van der Waals surface area (Å²) < 4.78 is 7.88. The summed E-state index contributed by atoms with van der Waals surface area (Å²) in [4.78, 5) is 14.6. The Morgan fingerprint density at radius 3 is 2.52 bits per heavy atom. The molecule has 0 spiro atoms. The highest BCUT2D eigenvalue weighted by Crippen LogP contribution is 2.38. The molecule has 0 fully saturated rings. The molecule has 0 radical (unpaired) electrons. The number of hydrogen-bond donors (Lipinski definition) is 1. The number of para-hydroxylation sites is 1. The number of nitrogens with zero attached hydrogens (tertiary/aromatic N) is 2. The number of primary amides is 1. The molecule has 0 unspecified atom stereocenters. The third kappa shape index (κ3) is 4.72. The minimum Gasteiger partial charge on any atom is -0.496 e. The quantitative estimate of drug-likeness (QED) is 0.690. The summed E-state index contributed by atoms with van der Waals surface area (Å²) in [5.74, 6) is 0.390.